The minimum absolute atomic E-state index is 0.739. The molecule has 0 aromatic heterocycles. The Kier molecular flexibility index (Phi) is 3.85. The van der Waals surface area contributed by atoms with Crippen molar-refractivity contribution in [3.8, 4) is 11.8 Å². The molecule has 0 amide bonds. The third-order valence-corrected chi connectivity index (χ3v) is 2.78. The van der Waals surface area contributed by atoms with Gasteiger partial charge in [-0.2, -0.15) is 0 Å². The van der Waals surface area contributed by atoms with Crippen LogP contribution in [0.15, 0.2) is 48.5 Å². The Balaban J connectivity index is 2.23. The van der Waals surface area contributed by atoms with Gasteiger partial charge in [0, 0.05) is 16.1 Å². The molecule has 17 heavy (non-hydrogen) atoms. The summed E-state index contributed by atoms with van der Waals surface area (Å²) in [6, 6.07) is 15.9. The van der Waals surface area contributed by atoms with Crippen LogP contribution in [0.1, 0.15) is 23.6 Å². The molecule has 0 N–H and O–H groups in total. The molecule has 0 aliphatic carbocycles. The Labute approximate surface area is 107 Å². The summed E-state index contributed by atoms with van der Waals surface area (Å²) < 4.78 is 0. The van der Waals surface area contributed by atoms with Gasteiger partial charge in [-0.05, 0) is 48.4 Å². The smallest absolute Gasteiger partial charge is 0.0406 e. The van der Waals surface area contributed by atoms with E-state index in [1.807, 2.05) is 36.4 Å². The lowest BCUT2D eigenvalue weighted by atomic mass is 10.1. The third-order valence-electron chi connectivity index (χ3n) is 2.53. The Morgan fingerprint density at radius 3 is 2.35 bits per heavy atom. The van der Waals surface area contributed by atoms with Crippen molar-refractivity contribution >= 4 is 11.6 Å². The highest BCUT2D eigenvalue weighted by Crippen LogP contribution is 2.09. The zero-order valence-electron chi connectivity index (χ0n) is 9.70. The third kappa shape index (κ3) is 3.37. The number of rotatable bonds is 1. The Bertz CT molecular complexity index is 556. The molecule has 0 fully saturated rings. The molecular weight excluding hydrogens is 228 g/mol. The molecule has 1 heteroatoms. The van der Waals surface area contributed by atoms with Gasteiger partial charge in [0.1, 0.15) is 0 Å². The summed E-state index contributed by atoms with van der Waals surface area (Å²) in [5.41, 5.74) is 3.35. The lowest BCUT2D eigenvalue weighted by Gasteiger charge is -1.96. The van der Waals surface area contributed by atoms with Crippen molar-refractivity contribution < 1.29 is 0 Å². The topological polar surface area (TPSA) is 0 Å². The summed E-state index contributed by atoms with van der Waals surface area (Å²) in [5.74, 6) is 6.29. The normalized spacial score (nSPS) is 9.53. The van der Waals surface area contributed by atoms with E-state index in [-0.39, 0.29) is 0 Å². The van der Waals surface area contributed by atoms with E-state index >= 15 is 0 Å². The van der Waals surface area contributed by atoms with Crippen molar-refractivity contribution in [1.82, 2.24) is 0 Å². The number of aryl methyl sites for hydroxylation is 1. The summed E-state index contributed by atoms with van der Waals surface area (Å²) in [6.45, 7) is 2.14. The standard InChI is InChI=1S/C16H13Cl/c1-2-13-4-3-5-15(12-13)7-6-14-8-10-16(17)11-9-14/h3-5,8-12H,2H2,1H3. The van der Waals surface area contributed by atoms with Crippen LogP contribution in [0.5, 0.6) is 0 Å². The maximum atomic E-state index is 5.82. The zero-order valence-corrected chi connectivity index (χ0v) is 10.5. The first-order valence-corrected chi connectivity index (χ1v) is 6.02. The van der Waals surface area contributed by atoms with Gasteiger partial charge in [0.25, 0.3) is 0 Å². The summed E-state index contributed by atoms with van der Waals surface area (Å²) in [6.07, 6.45) is 1.04. The van der Waals surface area contributed by atoms with Crippen LogP contribution in [0.25, 0.3) is 0 Å². The van der Waals surface area contributed by atoms with E-state index in [2.05, 4.69) is 30.9 Å². The van der Waals surface area contributed by atoms with E-state index in [1.165, 1.54) is 5.56 Å². The second kappa shape index (κ2) is 5.57. The molecule has 0 radical (unpaired) electrons. The van der Waals surface area contributed by atoms with Crippen LogP contribution < -0.4 is 0 Å². The van der Waals surface area contributed by atoms with E-state index < -0.39 is 0 Å². The largest absolute Gasteiger partial charge is 0.0843 e. The monoisotopic (exact) mass is 240 g/mol. The SMILES string of the molecule is CCc1cccc(C#Cc2ccc(Cl)cc2)c1. The van der Waals surface area contributed by atoms with Gasteiger partial charge in [0.15, 0.2) is 0 Å². The van der Waals surface area contributed by atoms with Crippen molar-refractivity contribution in [2.45, 2.75) is 13.3 Å². The fourth-order valence-corrected chi connectivity index (χ4v) is 1.67. The Morgan fingerprint density at radius 2 is 1.65 bits per heavy atom. The van der Waals surface area contributed by atoms with E-state index in [1.54, 1.807) is 0 Å². The summed E-state index contributed by atoms with van der Waals surface area (Å²) >= 11 is 5.82. The van der Waals surface area contributed by atoms with Crippen molar-refractivity contribution in [3.05, 3.63) is 70.2 Å². The molecule has 0 heterocycles. The van der Waals surface area contributed by atoms with E-state index in [0.29, 0.717) is 0 Å². The van der Waals surface area contributed by atoms with E-state index in [4.69, 9.17) is 11.6 Å². The van der Waals surface area contributed by atoms with Crippen LogP contribution in [0.3, 0.4) is 0 Å². The molecule has 0 atom stereocenters. The molecule has 0 spiro atoms. The first-order chi connectivity index (χ1) is 8.28. The van der Waals surface area contributed by atoms with Crippen LogP contribution in [-0.2, 0) is 6.42 Å². The minimum Gasteiger partial charge on any atom is -0.0843 e. The first kappa shape index (κ1) is 11.8. The van der Waals surface area contributed by atoms with E-state index in [9.17, 15) is 0 Å². The first-order valence-electron chi connectivity index (χ1n) is 5.64. The number of benzene rings is 2. The fourth-order valence-electron chi connectivity index (χ4n) is 1.55. The highest BCUT2D eigenvalue weighted by Gasteiger charge is 1.91. The fraction of sp³-hybridized carbons (Fsp3) is 0.125. The van der Waals surface area contributed by atoms with Gasteiger partial charge in [-0.15, -0.1) is 0 Å². The van der Waals surface area contributed by atoms with Crippen LogP contribution in [-0.4, -0.2) is 0 Å². The second-order valence-corrected chi connectivity index (χ2v) is 4.25. The Morgan fingerprint density at radius 1 is 0.941 bits per heavy atom. The van der Waals surface area contributed by atoms with Crippen LogP contribution in [0, 0.1) is 11.8 Å². The van der Waals surface area contributed by atoms with Crippen LogP contribution in [0.2, 0.25) is 5.02 Å². The molecule has 0 nitrogen and oxygen atoms in total. The zero-order chi connectivity index (χ0) is 12.1. The Hall–Kier alpha value is -1.71. The van der Waals surface area contributed by atoms with Crippen LogP contribution in [0.4, 0.5) is 0 Å². The van der Waals surface area contributed by atoms with Crippen molar-refractivity contribution in [2.75, 3.05) is 0 Å². The van der Waals surface area contributed by atoms with Gasteiger partial charge >= 0.3 is 0 Å². The van der Waals surface area contributed by atoms with Crippen molar-refractivity contribution in [2.24, 2.45) is 0 Å². The van der Waals surface area contributed by atoms with Gasteiger partial charge in [0.05, 0.1) is 0 Å². The van der Waals surface area contributed by atoms with Crippen molar-refractivity contribution in [1.29, 1.82) is 0 Å². The molecule has 0 aliphatic heterocycles. The summed E-state index contributed by atoms with van der Waals surface area (Å²) in [4.78, 5) is 0. The highest BCUT2D eigenvalue weighted by atomic mass is 35.5. The molecule has 2 aromatic carbocycles. The minimum atomic E-state index is 0.739. The number of halogens is 1. The molecule has 2 aromatic rings. The molecule has 0 aliphatic rings. The van der Waals surface area contributed by atoms with Crippen molar-refractivity contribution in [3.63, 3.8) is 0 Å². The van der Waals surface area contributed by atoms with Gasteiger partial charge in [-0.3, -0.25) is 0 Å². The second-order valence-electron chi connectivity index (χ2n) is 3.81. The molecule has 0 bridgehead atoms. The lowest BCUT2D eigenvalue weighted by Crippen LogP contribution is -1.81. The predicted molar refractivity (Wildman–Crippen MR) is 73.3 cm³/mol. The van der Waals surface area contributed by atoms with Gasteiger partial charge < -0.3 is 0 Å². The van der Waals surface area contributed by atoms with Gasteiger partial charge in [-0.1, -0.05) is 42.5 Å². The maximum Gasteiger partial charge on any atom is 0.0406 e. The molecular formula is C16H13Cl. The average Bonchev–Trinajstić information content (AvgIpc) is 2.38. The molecule has 0 unspecified atom stereocenters. The highest BCUT2D eigenvalue weighted by molar-refractivity contribution is 6.30. The van der Waals surface area contributed by atoms with Crippen LogP contribution >= 0.6 is 11.6 Å². The number of hydrogen-bond donors (Lipinski definition) is 0. The molecule has 0 saturated heterocycles. The maximum absolute atomic E-state index is 5.82. The van der Waals surface area contributed by atoms with E-state index in [0.717, 1.165) is 22.6 Å². The molecule has 2 rings (SSSR count). The quantitative estimate of drug-likeness (QED) is 0.652. The average molecular weight is 241 g/mol. The lowest BCUT2D eigenvalue weighted by molar-refractivity contribution is 1.14. The summed E-state index contributed by atoms with van der Waals surface area (Å²) in [5, 5.41) is 0.739. The number of hydrogen-bond acceptors (Lipinski definition) is 0. The molecule has 84 valence electrons. The van der Waals surface area contributed by atoms with Gasteiger partial charge in [0.2, 0.25) is 0 Å². The molecule has 0 saturated carbocycles. The summed E-state index contributed by atoms with van der Waals surface area (Å²) in [7, 11) is 0. The van der Waals surface area contributed by atoms with Gasteiger partial charge in [-0.25, -0.2) is 0 Å². The predicted octanol–water partition coefficient (Wildman–Crippen LogP) is 4.30.